The molecule has 6 heteroatoms. The lowest BCUT2D eigenvalue weighted by molar-refractivity contribution is -0.132. The topological polar surface area (TPSA) is 37.3 Å². The van der Waals surface area contributed by atoms with E-state index in [0.29, 0.717) is 6.08 Å². The summed E-state index contributed by atoms with van der Waals surface area (Å²) in [6.45, 7) is 0. The highest BCUT2D eigenvalue weighted by atomic mass is 35.5. The summed E-state index contributed by atoms with van der Waals surface area (Å²) in [4.78, 5) is 10.1. The Morgan fingerprint density at radius 1 is 1.50 bits per heavy atom. The van der Waals surface area contributed by atoms with Crippen LogP contribution >= 0.6 is 11.6 Å². The van der Waals surface area contributed by atoms with Crippen LogP contribution in [0.5, 0.6) is 0 Å². The predicted molar refractivity (Wildman–Crippen MR) is 37.1 cm³/mol. The van der Waals surface area contributed by atoms with Crippen LogP contribution in [0.1, 0.15) is 6.42 Å². The zero-order valence-electron chi connectivity index (χ0n) is 5.86. The molecule has 70 valence electrons. The molecule has 0 saturated heterocycles. The van der Waals surface area contributed by atoms with E-state index in [-0.39, 0.29) is 0 Å². The minimum atomic E-state index is -4.38. The van der Waals surface area contributed by atoms with Crippen molar-refractivity contribution in [2.75, 3.05) is 5.88 Å². The van der Waals surface area contributed by atoms with Gasteiger partial charge in [-0.1, -0.05) is 6.08 Å². The lowest BCUT2D eigenvalue weighted by Crippen LogP contribution is -2.08. The van der Waals surface area contributed by atoms with Crippen molar-refractivity contribution in [2.45, 2.75) is 12.6 Å². The average Bonchev–Trinajstić information content (AvgIpc) is 1.85. The summed E-state index contributed by atoms with van der Waals surface area (Å²) in [5, 5.41) is 8.25. The van der Waals surface area contributed by atoms with E-state index in [1.165, 1.54) is 0 Å². The monoisotopic (exact) mass is 202 g/mol. The minimum Gasteiger partial charge on any atom is -0.478 e. The first-order chi connectivity index (χ1) is 5.37. The lowest BCUT2D eigenvalue weighted by Gasteiger charge is -2.01. The fourth-order valence-corrected chi connectivity index (χ4v) is 0.661. The maximum absolute atomic E-state index is 11.5. The molecule has 12 heavy (non-hydrogen) atoms. The molecule has 0 atom stereocenters. The highest BCUT2D eigenvalue weighted by Gasteiger charge is 2.25. The van der Waals surface area contributed by atoms with Gasteiger partial charge >= 0.3 is 12.1 Å². The summed E-state index contributed by atoms with van der Waals surface area (Å²) in [7, 11) is 0. The van der Waals surface area contributed by atoms with Gasteiger partial charge in [0.05, 0.1) is 12.3 Å². The van der Waals surface area contributed by atoms with Gasteiger partial charge in [-0.3, -0.25) is 0 Å². The van der Waals surface area contributed by atoms with Gasteiger partial charge in [-0.25, -0.2) is 4.79 Å². The fourth-order valence-electron chi connectivity index (χ4n) is 0.438. The molecule has 0 aliphatic carbocycles. The van der Waals surface area contributed by atoms with Crippen LogP contribution in [0.3, 0.4) is 0 Å². The molecule has 1 N–H and O–H groups in total. The molecule has 0 aromatic heterocycles. The number of carboxylic acids is 1. The van der Waals surface area contributed by atoms with Gasteiger partial charge in [0.15, 0.2) is 0 Å². The van der Waals surface area contributed by atoms with Gasteiger partial charge in [-0.15, -0.1) is 11.6 Å². The van der Waals surface area contributed by atoms with Crippen LogP contribution in [0, 0.1) is 0 Å². The van der Waals surface area contributed by atoms with Crippen molar-refractivity contribution in [1.82, 2.24) is 0 Å². The summed E-state index contributed by atoms with van der Waals surface area (Å²) < 4.78 is 34.6. The maximum Gasteiger partial charge on any atom is 0.392 e. The molecule has 0 rings (SSSR count). The minimum absolute atomic E-state index is 0.425. The molecule has 0 amide bonds. The smallest absolute Gasteiger partial charge is 0.392 e. The molecule has 0 fully saturated rings. The average molecular weight is 203 g/mol. The Bertz CT molecular complexity index is 197. The second-order valence-corrected chi connectivity index (χ2v) is 2.25. The number of alkyl halides is 4. The van der Waals surface area contributed by atoms with Crippen LogP contribution < -0.4 is 0 Å². The molecule has 0 saturated carbocycles. The highest BCUT2D eigenvalue weighted by molar-refractivity contribution is 6.22. The van der Waals surface area contributed by atoms with Gasteiger partial charge in [0.2, 0.25) is 0 Å². The molecule has 2 nitrogen and oxygen atoms in total. The molecular formula is C6H6ClF3O2. The van der Waals surface area contributed by atoms with Crippen molar-refractivity contribution in [3.05, 3.63) is 11.6 Å². The van der Waals surface area contributed by atoms with Gasteiger partial charge in [-0.05, 0) is 0 Å². The molecule has 0 spiro atoms. The Balaban J connectivity index is 4.23. The van der Waals surface area contributed by atoms with Crippen molar-refractivity contribution in [3.8, 4) is 0 Å². The van der Waals surface area contributed by atoms with Crippen LogP contribution in [0.15, 0.2) is 11.6 Å². The van der Waals surface area contributed by atoms with Gasteiger partial charge in [0.1, 0.15) is 0 Å². The van der Waals surface area contributed by atoms with Crippen molar-refractivity contribution >= 4 is 17.6 Å². The van der Waals surface area contributed by atoms with Gasteiger partial charge < -0.3 is 5.11 Å². The Hall–Kier alpha value is -0.710. The molecule has 0 radical (unpaired) electrons. The third kappa shape index (κ3) is 5.01. The van der Waals surface area contributed by atoms with E-state index in [9.17, 15) is 18.0 Å². The number of aliphatic carboxylic acids is 1. The summed E-state index contributed by atoms with van der Waals surface area (Å²) >= 11 is 5.07. The summed E-state index contributed by atoms with van der Waals surface area (Å²) in [6.07, 6.45) is -5.08. The Morgan fingerprint density at radius 3 is 2.25 bits per heavy atom. The zero-order valence-corrected chi connectivity index (χ0v) is 6.61. The Kier molecular flexibility index (Phi) is 4.09. The fraction of sp³-hybridized carbons (Fsp3) is 0.500. The van der Waals surface area contributed by atoms with Gasteiger partial charge in [0.25, 0.3) is 0 Å². The number of carbonyl (C=O) groups is 1. The van der Waals surface area contributed by atoms with E-state index in [1.807, 2.05) is 0 Å². The van der Waals surface area contributed by atoms with E-state index >= 15 is 0 Å². The van der Waals surface area contributed by atoms with Gasteiger partial charge in [0, 0.05) is 5.57 Å². The summed E-state index contributed by atoms with van der Waals surface area (Å²) in [5.41, 5.74) is -0.436. The standard InChI is InChI=1S/C6H6ClF3O2/c7-3-4(5(11)12)1-2-6(8,9)10/h1H,2-3H2,(H,11,12). The molecular weight excluding hydrogens is 197 g/mol. The van der Waals surface area contributed by atoms with Crippen molar-refractivity contribution in [3.63, 3.8) is 0 Å². The Morgan fingerprint density at radius 2 is 2.00 bits per heavy atom. The van der Waals surface area contributed by atoms with E-state index in [2.05, 4.69) is 0 Å². The van der Waals surface area contributed by atoms with Gasteiger partial charge in [-0.2, -0.15) is 13.2 Å². The molecule has 0 unspecified atom stereocenters. The zero-order chi connectivity index (χ0) is 9.78. The quantitative estimate of drug-likeness (QED) is 0.563. The second-order valence-electron chi connectivity index (χ2n) is 1.99. The third-order valence-electron chi connectivity index (χ3n) is 0.999. The van der Waals surface area contributed by atoms with Crippen LogP contribution in [-0.2, 0) is 4.79 Å². The molecule has 0 aliphatic heterocycles. The number of halogens is 4. The molecule has 0 aromatic carbocycles. The highest BCUT2D eigenvalue weighted by Crippen LogP contribution is 2.20. The first-order valence-corrected chi connectivity index (χ1v) is 3.45. The molecule has 0 aromatic rings. The van der Waals surface area contributed by atoms with E-state index in [1.54, 1.807) is 0 Å². The first kappa shape index (κ1) is 11.3. The normalized spacial score (nSPS) is 13.2. The number of allylic oxidation sites excluding steroid dienone is 1. The lowest BCUT2D eigenvalue weighted by atomic mass is 10.2. The molecule has 0 heterocycles. The van der Waals surface area contributed by atoms with Crippen LogP contribution in [-0.4, -0.2) is 23.1 Å². The Labute approximate surface area is 71.6 Å². The number of hydrogen-bond donors (Lipinski definition) is 1. The SMILES string of the molecule is O=C(O)C(=CCC(F)(F)F)CCl. The van der Waals surface area contributed by atoms with E-state index in [4.69, 9.17) is 16.7 Å². The second kappa shape index (κ2) is 4.35. The van der Waals surface area contributed by atoms with Crippen molar-refractivity contribution in [2.24, 2.45) is 0 Å². The third-order valence-corrected chi connectivity index (χ3v) is 1.29. The number of hydrogen-bond acceptors (Lipinski definition) is 1. The van der Waals surface area contributed by atoms with E-state index in [0.717, 1.165) is 0 Å². The van der Waals surface area contributed by atoms with Crippen LogP contribution in [0.25, 0.3) is 0 Å². The van der Waals surface area contributed by atoms with Crippen molar-refractivity contribution < 1.29 is 23.1 Å². The molecule has 0 bridgehead atoms. The van der Waals surface area contributed by atoms with E-state index < -0.39 is 30.0 Å². The molecule has 0 aliphatic rings. The first-order valence-electron chi connectivity index (χ1n) is 2.92. The number of rotatable bonds is 3. The van der Waals surface area contributed by atoms with Crippen LogP contribution in [0.2, 0.25) is 0 Å². The van der Waals surface area contributed by atoms with Crippen molar-refractivity contribution in [1.29, 1.82) is 0 Å². The number of carboxylic acid groups (broad SMARTS) is 1. The predicted octanol–water partition coefficient (Wildman–Crippen LogP) is 2.19. The maximum atomic E-state index is 11.5. The largest absolute Gasteiger partial charge is 0.478 e. The summed E-state index contributed by atoms with van der Waals surface area (Å²) in [6, 6.07) is 0. The summed E-state index contributed by atoms with van der Waals surface area (Å²) in [5.74, 6) is -1.85. The van der Waals surface area contributed by atoms with Crippen LogP contribution in [0.4, 0.5) is 13.2 Å².